The van der Waals surface area contributed by atoms with Gasteiger partial charge in [-0.25, -0.2) is 0 Å². The Morgan fingerprint density at radius 2 is 2.04 bits per heavy atom. The number of halogens is 1. The summed E-state index contributed by atoms with van der Waals surface area (Å²) in [6.07, 6.45) is 0. The third-order valence-corrected chi connectivity index (χ3v) is 4.23. The van der Waals surface area contributed by atoms with Gasteiger partial charge in [0.05, 0.1) is 5.92 Å². The van der Waals surface area contributed by atoms with Crippen molar-refractivity contribution in [2.24, 2.45) is 5.92 Å². The lowest BCUT2D eigenvalue weighted by Gasteiger charge is -2.37. The third-order valence-electron chi connectivity index (χ3n) is 3.83. The average molecular weight is 334 g/mol. The van der Waals surface area contributed by atoms with Crippen molar-refractivity contribution in [3.63, 3.8) is 0 Å². The Bertz CT molecular complexity index is 766. The maximum Gasteiger partial charge on any atom is 0.276 e. The van der Waals surface area contributed by atoms with Gasteiger partial charge in [0.25, 0.3) is 5.91 Å². The van der Waals surface area contributed by atoms with Crippen LogP contribution in [0.15, 0.2) is 28.8 Å². The summed E-state index contributed by atoms with van der Waals surface area (Å²) < 4.78 is 4.89. The SMILES string of the molecule is Cc1cc(C(=O)N2CC(C(=O)Nc3ccc(C)c(Cl)c3)C2)no1. The summed E-state index contributed by atoms with van der Waals surface area (Å²) in [5, 5.41) is 7.12. The van der Waals surface area contributed by atoms with E-state index in [4.69, 9.17) is 16.1 Å². The predicted molar refractivity (Wildman–Crippen MR) is 85.5 cm³/mol. The molecule has 2 heterocycles. The molecule has 0 saturated carbocycles. The molecule has 0 bridgehead atoms. The highest BCUT2D eigenvalue weighted by Crippen LogP contribution is 2.23. The van der Waals surface area contributed by atoms with Crippen molar-refractivity contribution in [2.75, 3.05) is 18.4 Å². The van der Waals surface area contributed by atoms with Crippen molar-refractivity contribution in [2.45, 2.75) is 13.8 Å². The van der Waals surface area contributed by atoms with Crippen LogP contribution in [0.5, 0.6) is 0 Å². The van der Waals surface area contributed by atoms with Crippen LogP contribution in [0.4, 0.5) is 5.69 Å². The van der Waals surface area contributed by atoms with E-state index in [-0.39, 0.29) is 23.4 Å². The number of aromatic nitrogens is 1. The molecule has 1 aliphatic rings. The molecule has 1 aliphatic heterocycles. The number of aryl methyl sites for hydroxylation is 2. The molecule has 1 fully saturated rings. The van der Waals surface area contributed by atoms with Crippen LogP contribution in [-0.4, -0.2) is 35.0 Å². The second-order valence-electron chi connectivity index (χ2n) is 5.68. The Balaban J connectivity index is 1.55. The second kappa shape index (κ2) is 6.04. The van der Waals surface area contributed by atoms with E-state index in [1.807, 2.05) is 13.0 Å². The summed E-state index contributed by atoms with van der Waals surface area (Å²) in [5.41, 5.74) is 1.88. The van der Waals surface area contributed by atoms with Crippen LogP contribution in [0, 0.1) is 19.8 Å². The number of nitrogens with one attached hydrogen (secondary N) is 1. The van der Waals surface area contributed by atoms with Crippen molar-refractivity contribution < 1.29 is 14.1 Å². The maximum atomic E-state index is 12.2. The lowest BCUT2D eigenvalue weighted by Crippen LogP contribution is -2.54. The van der Waals surface area contributed by atoms with Crippen molar-refractivity contribution in [3.8, 4) is 0 Å². The molecule has 2 amide bonds. The molecular formula is C16H16ClN3O3. The quantitative estimate of drug-likeness (QED) is 0.937. The number of carbonyl (C=O) groups excluding carboxylic acids is 2. The zero-order chi connectivity index (χ0) is 16.6. The van der Waals surface area contributed by atoms with Gasteiger partial charge in [0, 0.05) is 29.9 Å². The zero-order valence-electron chi connectivity index (χ0n) is 12.8. The van der Waals surface area contributed by atoms with Crippen molar-refractivity contribution in [1.29, 1.82) is 0 Å². The Labute approximate surface area is 138 Å². The first kappa shape index (κ1) is 15.6. The smallest absolute Gasteiger partial charge is 0.276 e. The molecule has 1 N–H and O–H groups in total. The predicted octanol–water partition coefficient (Wildman–Crippen LogP) is 2.66. The van der Waals surface area contributed by atoms with E-state index < -0.39 is 0 Å². The highest BCUT2D eigenvalue weighted by Gasteiger charge is 2.37. The van der Waals surface area contributed by atoms with Gasteiger partial charge in [0.2, 0.25) is 5.91 Å². The molecule has 3 rings (SSSR count). The van der Waals surface area contributed by atoms with Crippen LogP contribution < -0.4 is 5.32 Å². The monoisotopic (exact) mass is 333 g/mol. The first-order valence-electron chi connectivity index (χ1n) is 7.23. The van der Waals surface area contributed by atoms with Gasteiger partial charge < -0.3 is 14.7 Å². The molecule has 0 radical (unpaired) electrons. The first-order chi connectivity index (χ1) is 10.9. The molecule has 1 saturated heterocycles. The third kappa shape index (κ3) is 3.22. The Morgan fingerprint density at radius 3 is 2.65 bits per heavy atom. The molecule has 1 aromatic carbocycles. The van der Waals surface area contributed by atoms with Crippen LogP contribution in [0.2, 0.25) is 5.02 Å². The fourth-order valence-electron chi connectivity index (χ4n) is 2.35. The van der Waals surface area contributed by atoms with Crippen molar-refractivity contribution >= 4 is 29.1 Å². The van der Waals surface area contributed by atoms with Gasteiger partial charge in [0.15, 0.2) is 5.69 Å². The van der Waals surface area contributed by atoms with Crippen molar-refractivity contribution in [3.05, 3.63) is 46.3 Å². The Morgan fingerprint density at radius 1 is 1.30 bits per heavy atom. The zero-order valence-corrected chi connectivity index (χ0v) is 13.6. The van der Waals surface area contributed by atoms with Crippen LogP contribution in [0.3, 0.4) is 0 Å². The number of carbonyl (C=O) groups is 2. The number of benzene rings is 1. The normalized spacial score (nSPS) is 14.5. The van der Waals surface area contributed by atoms with Crippen molar-refractivity contribution in [1.82, 2.24) is 10.1 Å². The fourth-order valence-corrected chi connectivity index (χ4v) is 2.53. The largest absolute Gasteiger partial charge is 0.361 e. The van der Waals surface area contributed by atoms with E-state index in [9.17, 15) is 9.59 Å². The van der Waals surface area contributed by atoms with E-state index in [0.717, 1.165) is 5.56 Å². The number of anilines is 1. The molecule has 7 heteroatoms. The molecule has 23 heavy (non-hydrogen) atoms. The summed E-state index contributed by atoms with van der Waals surface area (Å²) in [4.78, 5) is 25.8. The van der Waals surface area contributed by atoms with Crippen LogP contribution >= 0.6 is 11.6 Å². The maximum absolute atomic E-state index is 12.2. The molecule has 2 aromatic rings. The van der Waals surface area contributed by atoms with E-state index in [0.29, 0.717) is 29.6 Å². The van der Waals surface area contributed by atoms with E-state index in [1.54, 1.807) is 30.0 Å². The first-order valence-corrected chi connectivity index (χ1v) is 7.61. The van der Waals surface area contributed by atoms with E-state index in [1.165, 1.54) is 0 Å². The molecular weight excluding hydrogens is 318 g/mol. The summed E-state index contributed by atoms with van der Waals surface area (Å²) in [5.74, 6) is 0.0148. The topological polar surface area (TPSA) is 75.4 Å². The van der Waals surface area contributed by atoms with Crippen LogP contribution in [0.1, 0.15) is 21.8 Å². The number of amides is 2. The standard InChI is InChI=1S/C16H16ClN3O3/c1-9-3-4-12(6-13(9)17)18-15(21)11-7-20(8-11)16(22)14-5-10(2)23-19-14/h3-6,11H,7-8H2,1-2H3,(H,18,21). The summed E-state index contributed by atoms with van der Waals surface area (Å²) in [6.45, 7) is 4.37. The second-order valence-corrected chi connectivity index (χ2v) is 6.09. The lowest BCUT2D eigenvalue weighted by atomic mass is 9.98. The van der Waals surface area contributed by atoms with E-state index in [2.05, 4.69) is 10.5 Å². The van der Waals surface area contributed by atoms with Crippen LogP contribution in [0.25, 0.3) is 0 Å². The number of hydrogen-bond donors (Lipinski definition) is 1. The Kier molecular flexibility index (Phi) is 4.09. The number of nitrogens with zero attached hydrogens (tertiary/aromatic N) is 2. The summed E-state index contributed by atoms with van der Waals surface area (Å²) in [6, 6.07) is 6.96. The van der Waals surface area contributed by atoms with Gasteiger partial charge in [0.1, 0.15) is 5.76 Å². The lowest BCUT2D eigenvalue weighted by molar-refractivity contribution is -0.123. The highest BCUT2D eigenvalue weighted by atomic mass is 35.5. The van der Waals surface area contributed by atoms with Gasteiger partial charge in [-0.05, 0) is 31.5 Å². The minimum atomic E-state index is -0.230. The molecule has 6 nitrogen and oxygen atoms in total. The molecule has 0 spiro atoms. The van der Waals surface area contributed by atoms with Gasteiger partial charge >= 0.3 is 0 Å². The average Bonchev–Trinajstić information content (AvgIpc) is 2.88. The number of hydrogen-bond acceptors (Lipinski definition) is 4. The summed E-state index contributed by atoms with van der Waals surface area (Å²) >= 11 is 6.04. The molecule has 0 atom stereocenters. The minimum absolute atomic E-state index is 0.120. The van der Waals surface area contributed by atoms with E-state index >= 15 is 0 Å². The molecule has 1 aromatic heterocycles. The molecule has 0 unspecified atom stereocenters. The number of rotatable bonds is 3. The van der Waals surface area contributed by atoms with Crippen LogP contribution in [-0.2, 0) is 4.79 Å². The highest BCUT2D eigenvalue weighted by molar-refractivity contribution is 6.31. The molecule has 0 aliphatic carbocycles. The van der Waals surface area contributed by atoms with Gasteiger partial charge in [-0.3, -0.25) is 9.59 Å². The Hall–Kier alpha value is -2.34. The molecule has 120 valence electrons. The van der Waals surface area contributed by atoms with Gasteiger partial charge in [-0.15, -0.1) is 0 Å². The van der Waals surface area contributed by atoms with Gasteiger partial charge in [-0.2, -0.15) is 0 Å². The fraction of sp³-hybridized carbons (Fsp3) is 0.312. The number of likely N-dealkylation sites (tertiary alicyclic amines) is 1. The van der Waals surface area contributed by atoms with Gasteiger partial charge in [-0.1, -0.05) is 22.8 Å². The minimum Gasteiger partial charge on any atom is -0.361 e. The summed E-state index contributed by atoms with van der Waals surface area (Å²) in [7, 11) is 0.